The molecule has 0 nitrogen and oxygen atoms in total. The molecule has 0 amide bonds. The standard InChI is InChI=1S/C13H10BrFS/c1-9-3-2-4-11(7-9)16-13-6-5-10(14)8-12(13)15/h2-8H,1H3. The van der Waals surface area contributed by atoms with Gasteiger partial charge in [0.25, 0.3) is 0 Å². The largest absolute Gasteiger partial charge is 0.206 e. The smallest absolute Gasteiger partial charge is 0.138 e. The number of hydrogen-bond acceptors (Lipinski definition) is 1. The van der Waals surface area contributed by atoms with E-state index in [2.05, 4.69) is 15.9 Å². The van der Waals surface area contributed by atoms with Gasteiger partial charge in [0.2, 0.25) is 0 Å². The maximum Gasteiger partial charge on any atom is 0.138 e. The summed E-state index contributed by atoms with van der Waals surface area (Å²) in [4.78, 5) is 1.70. The highest BCUT2D eigenvalue weighted by atomic mass is 79.9. The first-order chi connectivity index (χ1) is 7.65. The highest BCUT2D eigenvalue weighted by Crippen LogP contribution is 2.31. The minimum absolute atomic E-state index is 0.194. The van der Waals surface area contributed by atoms with Crippen molar-refractivity contribution in [2.45, 2.75) is 16.7 Å². The molecule has 0 aliphatic rings. The maximum atomic E-state index is 13.6. The Bertz CT molecular complexity index is 511. The van der Waals surface area contributed by atoms with E-state index in [0.717, 1.165) is 9.37 Å². The molecule has 0 aliphatic carbocycles. The van der Waals surface area contributed by atoms with Crippen LogP contribution in [0.15, 0.2) is 56.7 Å². The van der Waals surface area contributed by atoms with Crippen LogP contribution in [0.2, 0.25) is 0 Å². The molecule has 0 radical (unpaired) electrons. The minimum Gasteiger partial charge on any atom is -0.206 e. The number of benzene rings is 2. The normalized spacial score (nSPS) is 10.4. The van der Waals surface area contributed by atoms with E-state index in [1.807, 2.05) is 37.3 Å². The average Bonchev–Trinajstić information content (AvgIpc) is 2.22. The molecule has 0 N–H and O–H groups in total. The number of rotatable bonds is 2. The summed E-state index contributed by atoms with van der Waals surface area (Å²) < 4.78 is 14.3. The van der Waals surface area contributed by atoms with E-state index in [-0.39, 0.29) is 5.82 Å². The Morgan fingerprint density at radius 3 is 2.62 bits per heavy atom. The summed E-state index contributed by atoms with van der Waals surface area (Å²) in [5, 5.41) is 0. The van der Waals surface area contributed by atoms with E-state index in [9.17, 15) is 4.39 Å². The lowest BCUT2D eigenvalue weighted by molar-refractivity contribution is 0.601. The summed E-state index contributed by atoms with van der Waals surface area (Å²) in [5.41, 5.74) is 1.18. The Hall–Kier alpha value is -0.800. The maximum absolute atomic E-state index is 13.6. The fourth-order valence-electron chi connectivity index (χ4n) is 1.36. The van der Waals surface area contributed by atoms with Crippen molar-refractivity contribution in [1.29, 1.82) is 0 Å². The lowest BCUT2D eigenvalue weighted by Gasteiger charge is -2.04. The van der Waals surface area contributed by atoms with Crippen molar-refractivity contribution in [2.75, 3.05) is 0 Å². The molecular formula is C13H10BrFS. The van der Waals surface area contributed by atoms with E-state index in [0.29, 0.717) is 4.90 Å². The van der Waals surface area contributed by atoms with E-state index in [4.69, 9.17) is 0 Å². The van der Waals surface area contributed by atoms with Crippen molar-refractivity contribution >= 4 is 27.7 Å². The molecule has 0 saturated carbocycles. The van der Waals surface area contributed by atoms with Crippen LogP contribution in [-0.4, -0.2) is 0 Å². The first kappa shape index (κ1) is 11.7. The zero-order valence-corrected chi connectivity index (χ0v) is 11.1. The topological polar surface area (TPSA) is 0 Å². The van der Waals surface area contributed by atoms with Crippen LogP contribution in [0.1, 0.15) is 5.56 Å². The van der Waals surface area contributed by atoms with Gasteiger partial charge in [-0.2, -0.15) is 0 Å². The second-order valence-electron chi connectivity index (χ2n) is 3.49. The molecule has 0 heterocycles. The molecule has 82 valence electrons. The summed E-state index contributed by atoms with van der Waals surface area (Å²) in [6.07, 6.45) is 0. The van der Waals surface area contributed by atoms with Gasteiger partial charge in [-0.3, -0.25) is 0 Å². The highest BCUT2D eigenvalue weighted by molar-refractivity contribution is 9.10. The summed E-state index contributed by atoms with van der Waals surface area (Å²) in [7, 11) is 0. The number of hydrogen-bond donors (Lipinski definition) is 0. The minimum atomic E-state index is -0.194. The molecule has 0 atom stereocenters. The SMILES string of the molecule is Cc1cccc(Sc2ccc(Br)cc2F)c1. The fraction of sp³-hybridized carbons (Fsp3) is 0.0769. The van der Waals surface area contributed by atoms with Gasteiger partial charge in [0.15, 0.2) is 0 Å². The van der Waals surface area contributed by atoms with Crippen molar-refractivity contribution in [2.24, 2.45) is 0 Å². The van der Waals surface area contributed by atoms with Gasteiger partial charge in [0.1, 0.15) is 5.82 Å². The zero-order chi connectivity index (χ0) is 11.5. The number of halogens is 2. The summed E-state index contributed by atoms with van der Waals surface area (Å²) in [6, 6.07) is 13.2. The molecular weight excluding hydrogens is 287 g/mol. The molecule has 3 heteroatoms. The van der Waals surface area contributed by atoms with Crippen molar-refractivity contribution in [1.82, 2.24) is 0 Å². The van der Waals surface area contributed by atoms with Crippen LogP contribution >= 0.6 is 27.7 Å². The Morgan fingerprint density at radius 1 is 1.12 bits per heavy atom. The summed E-state index contributed by atoms with van der Waals surface area (Å²) in [6.45, 7) is 2.03. The molecule has 0 spiro atoms. The van der Waals surface area contributed by atoms with Crippen molar-refractivity contribution in [3.05, 3.63) is 58.3 Å². The third-order valence-corrected chi connectivity index (χ3v) is 3.65. The highest BCUT2D eigenvalue weighted by Gasteiger charge is 2.04. The monoisotopic (exact) mass is 296 g/mol. The lowest BCUT2D eigenvalue weighted by atomic mass is 10.2. The van der Waals surface area contributed by atoms with Gasteiger partial charge in [-0.05, 0) is 37.3 Å². The molecule has 2 rings (SSSR count). The van der Waals surface area contributed by atoms with Gasteiger partial charge in [0, 0.05) is 14.3 Å². The summed E-state index contributed by atoms with van der Waals surface area (Å²) in [5.74, 6) is -0.194. The third kappa shape index (κ3) is 2.86. The van der Waals surface area contributed by atoms with Crippen molar-refractivity contribution in [3.63, 3.8) is 0 Å². The fourth-order valence-corrected chi connectivity index (χ4v) is 2.63. The predicted molar refractivity (Wildman–Crippen MR) is 69.4 cm³/mol. The Kier molecular flexibility index (Phi) is 3.66. The second kappa shape index (κ2) is 5.02. The average molecular weight is 297 g/mol. The molecule has 2 aromatic carbocycles. The first-order valence-electron chi connectivity index (χ1n) is 4.85. The Morgan fingerprint density at radius 2 is 1.94 bits per heavy atom. The van der Waals surface area contributed by atoms with Gasteiger partial charge in [-0.1, -0.05) is 45.4 Å². The molecule has 2 aromatic rings. The number of aryl methyl sites for hydroxylation is 1. The molecule has 0 fully saturated rings. The second-order valence-corrected chi connectivity index (χ2v) is 5.52. The quantitative estimate of drug-likeness (QED) is 0.747. The van der Waals surface area contributed by atoms with Gasteiger partial charge in [-0.15, -0.1) is 0 Å². The Labute approximate surface area is 107 Å². The van der Waals surface area contributed by atoms with Gasteiger partial charge >= 0.3 is 0 Å². The van der Waals surface area contributed by atoms with E-state index in [1.54, 1.807) is 6.07 Å². The molecule has 16 heavy (non-hydrogen) atoms. The summed E-state index contributed by atoms with van der Waals surface area (Å²) >= 11 is 4.69. The Balaban J connectivity index is 2.27. The van der Waals surface area contributed by atoms with Crippen LogP contribution in [0.4, 0.5) is 4.39 Å². The van der Waals surface area contributed by atoms with Gasteiger partial charge in [-0.25, -0.2) is 4.39 Å². The van der Waals surface area contributed by atoms with E-state index >= 15 is 0 Å². The van der Waals surface area contributed by atoms with E-state index < -0.39 is 0 Å². The van der Waals surface area contributed by atoms with Crippen LogP contribution in [0.3, 0.4) is 0 Å². The van der Waals surface area contributed by atoms with Gasteiger partial charge < -0.3 is 0 Å². The van der Waals surface area contributed by atoms with Crippen LogP contribution in [0.5, 0.6) is 0 Å². The van der Waals surface area contributed by atoms with Crippen molar-refractivity contribution < 1.29 is 4.39 Å². The van der Waals surface area contributed by atoms with E-state index in [1.165, 1.54) is 23.4 Å². The molecule has 0 bridgehead atoms. The third-order valence-electron chi connectivity index (χ3n) is 2.11. The zero-order valence-electron chi connectivity index (χ0n) is 8.71. The van der Waals surface area contributed by atoms with Crippen LogP contribution in [0, 0.1) is 12.7 Å². The molecule has 0 aliphatic heterocycles. The lowest BCUT2D eigenvalue weighted by Crippen LogP contribution is -1.81. The molecule has 0 saturated heterocycles. The molecule has 0 unspecified atom stereocenters. The van der Waals surface area contributed by atoms with Crippen molar-refractivity contribution in [3.8, 4) is 0 Å². The van der Waals surface area contributed by atoms with Crippen LogP contribution in [-0.2, 0) is 0 Å². The molecule has 0 aromatic heterocycles. The van der Waals surface area contributed by atoms with Crippen LogP contribution < -0.4 is 0 Å². The first-order valence-corrected chi connectivity index (χ1v) is 6.46. The predicted octanol–water partition coefficient (Wildman–Crippen LogP) is 5.05. The van der Waals surface area contributed by atoms with Crippen LogP contribution in [0.25, 0.3) is 0 Å². The van der Waals surface area contributed by atoms with Gasteiger partial charge in [0.05, 0.1) is 0 Å².